The van der Waals surface area contributed by atoms with Gasteiger partial charge in [-0.2, -0.15) is 10.2 Å². The largest absolute Gasteiger partial charge is 0.459 e. The number of aryl methyl sites for hydroxylation is 1. The molecule has 36 heavy (non-hydrogen) atoms. The maximum absolute atomic E-state index is 13.2. The fourth-order valence-electron chi connectivity index (χ4n) is 4.07. The molecule has 9 nitrogen and oxygen atoms in total. The molecule has 0 radical (unpaired) electrons. The van der Waals surface area contributed by atoms with Crippen LogP contribution < -0.4 is 10.2 Å². The number of anilines is 2. The summed E-state index contributed by atoms with van der Waals surface area (Å²) in [6.07, 6.45) is 1.51. The van der Waals surface area contributed by atoms with Gasteiger partial charge in [0.05, 0.1) is 6.26 Å². The summed E-state index contributed by atoms with van der Waals surface area (Å²) in [6, 6.07) is 19.7. The van der Waals surface area contributed by atoms with Crippen molar-refractivity contribution in [2.75, 3.05) is 36.4 Å². The average Bonchev–Trinajstić information content (AvgIpc) is 3.60. The van der Waals surface area contributed by atoms with Gasteiger partial charge < -0.3 is 24.0 Å². The molecule has 1 saturated heterocycles. The minimum Gasteiger partial charge on any atom is -0.459 e. The van der Waals surface area contributed by atoms with Crippen LogP contribution in [0.15, 0.2) is 75.8 Å². The average molecular weight is 482 g/mol. The van der Waals surface area contributed by atoms with Gasteiger partial charge in [-0.25, -0.2) is 0 Å². The Labute approximate surface area is 207 Å². The van der Waals surface area contributed by atoms with Crippen LogP contribution in [0.1, 0.15) is 32.0 Å². The fraction of sp³-hybridized carbons (Fsp3) is 0.185. The number of rotatable bonds is 5. The standard InChI is InChI=1S/C27H23N5O4/c1-18-9-10-20(16-21(18)29-24(33)19-6-3-2-4-7-19)26(34)31-11-13-32(14-12-31)27-22(17-28)30-25(36-27)23-8-5-15-35-23/h2-10,15-16H,11-14H2,1H3,(H,29,33). The van der Waals surface area contributed by atoms with Crippen molar-refractivity contribution < 1.29 is 18.4 Å². The Morgan fingerprint density at radius 3 is 2.47 bits per heavy atom. The molecule has 0 atom stereocenters. The number of oxazole rings is 1. The SMILES string of the molecule is Cc1ccc(C(=O)N2CCN(c3oc(-c4ccco4)nc3C#N)CC2)cc1NC(=O)c1ccccc1. The third-order valence-electron chi connectivity index (χ3n) is 6.07. The summed E-state index contributed by atoms with van der Waals surface area (Å²) in [5.74, 6) is 0.707. The molecule has 4 aromatic rings. The van der Waals surface area contributed by atoms with Gasteiger partial charge in [-0.3, -0.25) is 9.59 Å². The number of amides is 2. The molecular weight excluding hydrogens is 458 g/mol. The number of nitriles is 1. The van der Waals surface area contributed by atoms with E-state index in [1.54, 1.807) is 53.4 Å². The molecule has 1 aliphatic heterocycles. The van der Waals surface area contributed by atoms with Gasteiger partial charge in [0.15, 0.2) is 5.76 Å². The number of hydrogen-bond donors (Lipinski definition) is 1. The number of aromatic nitrogens is 1. The van der Waals surface area contributed by atoms with Crippen molar-refractivity contribution in [3.8, 4) is 17.7 Å². The minimum absolute atomic E-state index is 0.126. The highest BCUT2D eigenvalue weighted by atomic mass is 16.4. The molecule has 1 fully saturated rings. The smallest absolute Gasteiger partial charge is 0.266 e. The maximum atomic E-state index is 13.2. The first-order chi connectivity index (χ1) is 17.5. The van der Waals surface area contributed by atoms with Crippen LogP contribution in [0.3, 0.4) is 0 Å². The summed E-state index contributed by atoms with van der Waals surface area (Å²) in [6.45, 7) is 3.74. The summed E-state index contributed by atoms with van der Waals surface area (Å²) < 4.78 is 11.1. The van der Waals surface area contributed by atoms with Crippen molar-refractivity contribution in [2.24, 2.45) is 0 Å². The maximum Gasteiger partial charge on any atom is 0.266 e. The van der Waals surface area contributed by atoms with E-state index in [0.29, 0.717) is 54.6 Å². The van der Waals surface area contributed by atoms with Crippen molar-refractivity contribution in [3.63, 3.8) is 0 Å². The van der Waals surface area contributed by atoms with E-state index in [2.05, 4.69) is 16.4 Å². The zero-order valence-electron chi connectivity index (χ0n) is 19.6. The minimum atomic E-state index is -0.230. The molecule has 5 rings (SSSR count). The van der Waals surface area contributed by atoms with Gasteiger partial charge in [0.1, 0.15) is 6.07 Å². The summed E-state index contributed by atoms with van der Waals surface area (Å²) in [5, 5.41) is 12.4. The Balaban J connectivity index is 1.27. The number of hydrogen-bond acceptors (Lipinski definition) is 7. The highest BCUT2D eigenvalue weighted by molar-refractivity contribution is 6.05. The first-order valence-electron chi connectivity index (χ1n) is 11.5. The van der Waals surface area contributed by atoms with Crippen LogP contribution in [0.4, 0.5) is 11.6 Å². The van der Waals surface area contributed by atoms with E-state index < -0.39 is 0 Å². The monoisotopic (exact) mass is 481 g/mol. The molecular formula is C27H23N5O4. The third kappa shape index (κ3) is 4.57. The highest BCUT2D eigenvalue weighted by Crippen LogP contribution is 2.29. The Hall–Kier alpha value is -4.84. The van der Waals surface area contributed by atoms with Crippen LogP contribution in [0.5, 0.6) is 0 Å². The van der Waals surface area contributed by atoms with Crippen molar-refractivity contribution in [1.82, 2.24) is 9.88 Å². The van der Waals surface area contributed by atoms with E-state index in [-0.39, 0.29) is 23.4 Å². The number of nitrogens with one attached hydrogen (secondary N) is 1. The lowest BCUT2D eigenvalue weighted by molar-refractivity contribution is 0.0745. The van der Waals surface area contributed by atoms with Crippen LogP contribution in [-0.4, -0.2) is 47.9 Å². The van der Waals surface area contributed by atoms with Crippen LogP contribution in [-0.2, 0) is 0 Å². The number of piperazine rings is 1. The molecule has 1 N–H and O–H groups in total. The Kier molecular flexibility index (Phi) is 6.24. The molecule has 0 spiro atoms. The van der Waals surface area contributed by atoms with Crippen molar-refractivity contribution in [3.05, 3.63) is 89.3 Å². The first kappa shape index (κ1) is 22.9. The summed E-state index contributed by atoms with van der Waals surface area (Å²) in [7, 11) is 0. The molecule has 0 bridgehead atoms. The predicted molar refractivity (Wildman–Crippen MR) is 133 cm³/mol. The molecule has 9 heteroatoms. The first-order valence-corrected chi connectivity index (χ1v) is 11.5. The van der Waals surface area contributed by atoms with E-state index in [1.807, 2.05) is 24.0 Å². The zero-order chi connectivity index (χ0) is 25.1. The molecule has 3 heterocycles. The van der Waals surface area contributed by atoms with Gasteiger partial charge in [0.2, 0.25) is 11.6 Å². The lowest BCUT2D eigenvalue weighted by atomic mass is 10.1. The molecule has 2 aromatic carbocycles. The summed E-state index contributed by atoms with van der Waals surface area (Å²) >= 11 is 0. The lowest BCUT2D eigenvalue weighted by Gasteiger charge is -2.34. The second kappa shape index (κ2) is 9.80. The molecule has 180 valence electrons. The topological polar surface area (TPSA) is 116 Å². The quantitative estimate of drug-likeness (QED) is 0.451. The Bertz CT molecular complexity index is 1430. The van der Waals surface area contributed by atoms with E-state index in [0.717, 1.165) is 5.56 Å². The highest BCUT2D eigenvalue weighted by Gasteiger charge is 2.28. The lowest BCUT2D eigenvalue weighted by Crippen LogP contribution is -2.48. The number of carbonyl (C=O) groups excluding carboxylic acids is 2. The summed E-state index contributed by atoms with van der Waals surface area (Å²) in [4.78, 5) is 33.7. The van der Waals surface area contributed by atoms with Crippen molar-refractivity contribution >= 4 is 23.4 Å². The van der Waals surface area contributed by atoms with Gasteiger partial charge >= 0.3 is 0 Å². The number of nitrogens with zero attached hydrogens (tertiary/aromatic N) is 4. The summed E-state index contributed by atoms with van der Waals surface area (Å²) in [5.41, 5.74) is 2.68. The van der Waals surface area contributed by atoms with E-state index in [9.17, 15) is 14.9 Å². The molecule has 0 aliphatic carbocycles. The van der Waals surface area contributed by atoms with Crippen LogP contribution >= 0.6 is 0 Å². The molecule has 2 amide bonds. The van der Waals surface area contributed by atoms with E-state index in [4.69, 9.17) is 8.83 Å². The fourth-order valence-corrected chi connectivity index (χ4v) is 4.07. The van der Waals surface area contributed by atoms with Crippen LogP contribution in [0.25, 0.3) is 11.7 Å². The van der Waals surface area contributed by atoms with Crippen molar-refractivity contribution in [2.45, 2.75) is 6.92 Å². The molecule has 1 aliphatic rings. The Morgan fingerprint density at radius 1 is 1.00 bits per heavy atom. The van der Waals surface area contributed by atoms with Crippen LogP contribution in [0.2, 0.25) is 0 Å². The number of benzene rings is 2. The second-order valence-corrected chi connectivity index (χ2v) is 8.39. The van der Waals surface area contributed by atoms with E-state index in [1.165, 1.54) is 6.26 Å². The molecule has 2 aromatic heterocycles. The number of carbonyl (C=O) groups is 2. The van der Waals surface area contributed by atoms with Crippen LogP contribution in [0, 0.1) is 18.3 Å². The van der Waals surface area contributed by atoms with Gasteiger partial charge in [-0.15, -0.1) is 0 Å². The normalized spacial score (nSPS) is 13.3. The predicted octanol–water partition coefficient (Wildman–Crippen LogP) is 4.33. The van der Waals surface area contributed by atoms with Gasteiger partial charge in [-0.05, 0) is 48.9 Å². The zero-order valence-corrected chi connectivity index (χ0v) is 19.6. The van der Waals surface area contributed by atoms with Crippen molar-refractivity contribution in [1.29, 1.82) is 5.26 Å². The Morgan fingerprint density at radius 2 is 1.78 bits per heavy atom. The number of furan rings is 1. The van der Waals surface area contributed by atoms with E-state index >= 15 is 0 Å². The van der Waals surface area contributed by atoms with Gasteiger partial charge in [0.25, 0.3) is 17.7 Å². The third-order valence-corrected chi connectivity index (χ3v) is 6.07. The second-order valence-electron chi connectivity index (χ2n) is 8.39. The van der Waals surface area contributed by atoms with Gasteiger partial charge in [-0.1, -0.05) is 24.3 Å². The molecule has 0 saturated carbocycles. The molecule has 0 unspecified atom stereocenters. The van der Waals surface area contributed by atoms with Gasteiger partial charge in [0, 0.05) is 43.0 Å².